The fourth-order valence-corrected chi connectivity index (χ4v) is 2.93. The average Bonchev–Trinajstić information content (AvgIpc) is 1.99. The van der Waals surface area contributed by atoms with E-state index >= 15 is 0 Å². The third-order valence-electron chi connectivity index (χ3n) is 3.17. The Morgan fingerprint density at radius 2 is 2.21 bits per heavy atom. The summed E-state index contributed by atoms with van der Waals surface area (Å²) in [5, 5.41) is 0. The van der Waals surface area contributed by atoms with Crippen molar-refractivity contribution in [3.05, 3.63) is 35.4 Å². The molecule has 1 saturated carbocycles. The van der Waals surface area contributed by atoms with E-state index in [-0.39, 0.29) is 0 Å². The Labute approximate surface area is 94.8 Å². The Balaban J connectivity index is 1.95. The van der Waals surface area contributed by atoms with E-state index in [2.05, 4.69) is 47.1 Å². The first-order chi connectivity index (χ1) is 6.75. The number of aryl methyl sites for hydroxylation is 1. The summed E-state index contributed by atoms with van der Waals surface area (Å²) in [6.45, 7) is 2.16. The van der Waals surface area contributed by atoms with Crippen molar-refractivity contribution in [3.63, 3.8) is 0 Å². The number of halogens is 1. The summed E-state index contributed by atoms with van der Waals surface area (Å²) >= 11 is 3.82. The van der Waals surface area contributed by atoms with Gasteiger partial charge in [0.2, 0.25) is 0 Å². The molecule has 0 amide bonds. The molecule has 1 heteroatoms. The van der Waals surface area contributed by atoms with E-state index in [1.165, 1.54) is 36.8 Å². The van der Waals surface area contributed by atoms with Crippen molar-refractivity contribution >= 4 is 15.9 Å². The SMILES string of the molecule is Cc1cccc(CC(Br)C2CCC2)c1. The fourth-order valence-electron chi connectivity index (χ4n) is 2.03. The van der Waals surface area contributed by atoms with Crippen LogP contribution in [-0.4, -0.2) is 4.83 Å². The second kappa shape index (κ2) is 4.48. The van der Waals surface area contributed by atoms with Gasteiger partial charge in [-0.2, -0.15) is 0 Å². The molecular formula is C13H17Br. The molecule has 0 heterocycles. The third kappa shape index (κ3) is 2.38. The van der Waals surface area contributed by atoms with Crippen molar-refractivity contribution in [1.29, 1.82) is 0 Å². The molecule has 0 spiro atoms. The zero-order valence-corrected chi connectivity index (χ0v) is 10.3. The molecule has 0 nitrogen and oxygen atoms in total. The third-order valence-corrected chi connectivity index (χ3v) is 4.25. The lowest BCUT2D eigenvalue weighted by Crippen LogP contribution is -2.23. The fraction of sp³-hybridized carbons (Fsp3) is 0.538. The molecule has 1 aliphatic carbocycles. The van der Waals surface area contributed by atoms with Crippen LogP contribution in [0.15, 0.2) is 24.3 Å². The largest absolute Gasteiger partial charge is 0.0884 e. The number of hydrogen-bond acceptors (Lipinski definition) is 0. The van der Waals surface area contributed by atoms with Crippen LogP contribution in [-0.2, 0) is 6.42 Å². The first-order valence-corrected chi connectivity index (χ1v) is 6.37. The molecule has 0 aromatic heterocycles. The molecule has 0 aliphatic heterocycles. The van der Waals surface area contributed by atoms with Gasteiger partial charge in [0.05, 0.1) is 0 Å². The van der Waals surface area contributed by atoms with Crippen LogP contribution in [0.1, 0.15) is 30.4 Å². The maximum atomic E-state index is 3.82. The van der Waals surface area contributed by atoms with Crippen LogP contribution in [0.3, 0.4) is 0 Å². The molecule has 0 radical (unpaired) electrons. The van der Waals surface area contributed by atoms with Crippen molar-refractivity contribution in [1.82, 2.24) is 0 Å². The molecule has 1 fully saturated rings. The van der Waals surface area contributed by atoms with Crippen LogP contribution in [0.5, 0.6) is 0 Å². The first-order valence-electron chi connectivity index (χ1n) is 5.45. The lowest BCUT2D eigenvalue weighted by atomic mass is 9.81. The van der Waals surface area contributed by atoms with Gasteiger partial charge in [0.25, 0.3) is 0 Å². The maximum Gasteiger partial charge on any atom is 0.0214 e. The quantitative estimate of drug-likeness (QED) is 0.711. The Kier molecular flexibility index (Phi) is 3.27. The lowest BCUT2D eigenvalue weighted by Gasteiger charge is -2.30. The summed E-state index contributed by atoms with van der Waals surface area (Å²) in [5.41, 5.74) is 2.84. The highest BCUT2D eigenvalue weighted by Gasteiger charge is 2.24. The highest BCUT2D eigenvalue weighted by atomic mass is 79.9. The van der Waals surface area contributed by atoms with Crippen LogP contribution >= 0.6 is 15.9 Å². The van der Waals surface area contributed by atoms with Gasteiger partial charge in [-0.25, -0.2) is 0 Å². The molecule has 1 aliphatic rings. The van der Waals surface area contributed by atoms with Gasteiger partial charge in [-0.3, -0.25) is 0 Å². The molecule has 1 aromatic rings. The standard InChI is InChI=1S/C13H17Br/c1-10-4-2-5-11(8-10)9-13(14)12-6-3-7-12/h2,4-5,8,12-13H,3,6-7,9H2,1H3. The van der Waals surface area contributed by atoms with Crippen LogP contribution in [0, 0.1) is 12.8 Å². The van der Waals surface area contributed by atoms with Crippen LogP contribution in [0.4, 0.5) is 0 Å². The molecule has 1 unspecified atom stereocenters. The van der Waals surface area contributed by atoms with Gasteiger partial charge in [-0.1, -0.05) is 52.2 Å². The van der Waals surface area contributed by atoms with E-state index in [9.17, 15) is 0 Å². The Morgan fingerprint density at radius 3 is 2.79 bits per heavy atom. The lowest BCUT2D eigenvalue weighted by molar-refractivity contribution is 0.308. The van der Waals surface area contributed by atoms with E-state index in [4.69, 9.17) is 0 Å². The van der Waals surface area contributed by atoms with Crippen LogP contribution in [0.2, 0.25) is 0 Å². The first kappa shape index (κ1) is 10.2. The molecule has 14 heavy (non-hydrogen) atoms. The van der Waals surface area contributed by atoms with E-state index in [1.54, 1.807) is 0 Å². The van der Waals surface area contributed by atoms with Gasteiger partial charge in [0.1, 0.15) is 0 Å². The van der Waals surface area contributed by atoms with Gasteiger partial charge in [0.15, 0.2) is 0 Å². The summed E-state index contributed by atoms with van der Waals surface area (Å²) in [7, 11) is 0. The van der Waals surface area contributed by atoms with Gasteiger partial charge in [0, 0.05) is 4.83 Å². The summed E-state index contributed by atoms with van der Waals surface area (Å²) < 4.78 is 0. The van der Waals surface area contributed by atoms with Gasteiger partial charge >= 0.3 is 0 Å². The number of benzene rings is 1. The molecule has 0 saturated heterocycles. The number of alkyl halides is 1. The molecular weight excluding hydrogens is 236 g/mol. The second-order valence-corrected chi connectivity index (χ2v) is 5.58. The minimum Gasteiger partial charge on any atom is -0.0884 e. The molecule has 1 atom stereocenters. The van der Waals surface area contributed by atoms with Crippen molar-refractivity contribution in [2.75, 3.05) is 0 Å². The van der Waals surface area contributed by atoms with E-state index < -0.39 is 0 Å². The predicted molar refractivity (Wildman–Crippen MR) is 64.9 cm³/mol. The highest BCUT2D eigenvalue weighted by Crippen LogP contribution is 2.34. The number of rotatable bonds is 3. The van der Waals surface area contributed by atoms with Crippen LogP contribution in [0.25, 0.3) is 0 Å². The molecule has 2 rings (SSSR count). The molecule has 1 aromatic carbocycles. The normalized spacial score (nSPS) is 19.0. The zero-order valence-electron chi connectivity index (χ0n) is 8.67. The predicted octanol–water partition coefficient (Wildman–Crippen LogP) is 4.10. The minimum absolute atomic E-state index is 0.693. The van der Waals surface area contributed by atoms with Gasteiger partial charge < -0.3 is 0 Å². The molecule has 76 valence electrons. The number of hydrogen-bond donors (Lipinski definition) is 0. The Hall–Kier alpha value is -0.300. The average molecular weight is 253 g/mol. The Bertz CT molecular complexity index is 302. The maximum absolute atomic E-state index is 3.82. The summed E-state index contributed by atoms with van der Waals surface area (Å²) in [5.74, 6) is 0.926. The molecule has 0 bridgehead atoms. The summed E-state index contributed by atoms with van der Waals surface area (Å²) in [6, 6.07) is 8.86. The summed E-state index contributed by atoms with van der Waals surface area (Å²) in [4.78, 5) is 0.693. The Morgan fingerprint density at radius 1 is 1.43 bits per heavy atom. The van der Waals surface area contributed by atoms with Crippen molar-refractivity contribution in [2.45, 2.75) is 37.4 Å². The summed E-state index contributed by atoms with van der Waals surface area (Å²) in [6.07, 6.45) is 5.45. The molecule has 0 N–H and O–H groups in total. The van der Waals surface area contributed by atoms with Crippen molar-refractivity contribution in [3.8, 4) is 0 Å². The topological polar surface area (TPSA) is 0 Å². The zero-order chi connectivity index (χ0) is 9.97. The van der Waals surface area contributed by atoms with E-state index in [1.807, 2.05) is 0 Å². The van der Waals surface area contributed by atoms with Crippen molar-refractivity contribution < 1.29 is 0 Å². The van der Waals surface area contributed by atoms with Gasteiger partial charge in [-0.05, 0) is 37.7 Å². The van der Waals surface area contributed by atoms with E-state index in [0.717, 1.165) is 5.92 Å². The second-order valence-electron chi connectivity index (χ2n) is 4.40. The smallest absolute Gasteiger partial charge is 0.0214 e. The van der Waals surface area contributed by atoms with Crippen molar-refractivity contribution in [2.24, 2.45) is 5.92 Å². The van der Waals surface area contributed by atoms with Crippen LogP contribution < -0.4 is 0 Å². The monoisotopic (exact) mass is 252 g/mol. The minimum atomic E-state index is 0.693. The van der Waals surface area contributed by atoms with Gasteiger partial charge in [-0.15, -0.1) is 0 Å². The van der Waals surface area contributed by atoms with E-state index in [0.29, 0.717) is 4.83 Å². The highest BCUT2D eigenvalue weighted by molar-refractivity contribution is 9.09.